The van der Waals surface area contributed by atoms with Gasteiger partial charge in [0.1, 0.15) is 0 Å². The lowest BCUT2D eigenvalue weighted by Crippen LogP contribution is -2.14. The molecule has 23 heavy (non-hydrogen) atoms. The molecule has 2 N–H and O–H groups in total. The first-order valence-corrected chi connectivity index (χ1v) is 9.46. The van der Waals surface area contributed by atoms with Crippen LogP contribution in [0.15, 0.2) is 27.0 Å². The normalized spacial score (nSPS) is 10.4. The number of nitrogens with zero attached hydrogens (tertiary/aromatic N) is 2. The summed E-state index contributed by atoms with van der Waals surface area (Å²) < 4.78 is 1.44. The van der Waals surface area contributed by atoms with Crippen LogP contribution in [-0.2, 0) is 9.59 Å². The summed E-state index contributed by atoms with van der Waals surface area (Å²) in [7, 11) is 0. The topological polar surface area (TPSA) is 84.0 Å². The van der Waals surface area contributed by atoms with Crippen molar-refractivity contribution < 1.29 is 9.59 Å². The Labute approximate surface area is 154 Å². The lowest BCUT2D eigenvalue weighted by Gasteiger charge is -2.06. The minimum absolute atomic E-state index is 0.125. The summed E-state index contributed by atoms with van der Waals surface area (Å²) in [5.41, 5.74) is 0.550. The highest BCUT2D eigenvalue weighted by Gasteiger charge is 2.11. The number of rotatable bonds is 6. The van der Waals surface area contributed by atoms with E-state index in [9.17, 15) is 9.59 Å². The molecule has 0 saturated carbocycles. The fourth-order valence-electron chi connectivity index (χ4n) is 1.43. The van der Waals surface area contributed by atoms with Crippen molar-refractivity contribution in [1.29, 1.82) is 0 Å². The van der Waals surface area contributed by atoms with Crippen LogP contribution in [0.4, 0.5) is 10.8 Å². The van der Waals surface area contributed by atoms with Crippen molar-refractivity contribution >= 4 is 73.3 Å². The van der Waals surface area contributed by atoms with Gasteiger partial charge in [0.25, 0.3) is 0 Å². The minimum atomic E-state index is -0.200. The lowest BCUT2D eigenvalue weighted by atomic mass is 10.3. The molecule has 0 radical (unpaired) electrons. The highest BCUT2D eigenvalue weighted by Crippen LogP contribution is 2.28. The zero-order valence-corrected chi connectivity index (χ0v) is 15.9. The standard InChI is InChI=1S/C13H12BrClN4O2S2/c1-2-10(20)17-12-18-19-13(23-12)22-6-11(21)16-9-4-3-7(14)5-8(9)15/h3-5H,2,6H2,1H3,(H,16,21)(H,17,18,20). The van der Waals surface area contributed by atoms with Gasteiger partial charge in [0.15, 0.2) is 4.34 Å². The van der Waals surface area contributed by atoms with Crippen molar-refractivity contribution in [3.05, 3.63) is 27.7 Å². The van der Waals surface area contributed by atoms with Gasteiger partial charge in [-0.2, -0.15) is 0 Å². The zero-order chi connectivity index (χ0) is 16.8. The van der Waals surface area contributed by atoms with Crippen molar-refractivity contribution in [2.75, 3.05) is 16.4 Å². The Balaban J connectivity index is 1.85. The predicted octanol–water partition coefficient (Wildman–Crippen LogP) is 4.03. The van der Waals surface area contributed by atoms with Crippen LogP contribution in [0.2, 0.25) is 5.02 Å². The van der Waals surface area contributed by atoms with Gasteiger partial charge in [-0.3, -0.25) is 9.59 Å². The number of amides is 2. The van der Waals surface area contributed by atoms with Gasteiger partial charge < -0.3 is 10.6 Å². The SMILES string of the molecule is CCC(=O)Nc1nnc(SCC(=O)Nc2ccc(Br)cc2Cl)s1. The zero-order valence-electron chi connectivity index (χ0n) is 11.9. The second kappa shape index (κ2) is 8.62. The van der Waals surface area contributed by atoms with E-state index in [1.54, 1.807) is 25.1 Å². The van der Waals surface area contributed by atoms with Crippen LogP contribution >= 0.6 is 50.6 Å². The van der Waals surface area contributed by atoms with Gasteiger partial charge >= 0.3 is 0 Å². The number of anilines is 2. The van der Waals surface area contributed by atoms with Gasteiger partial charge in [-0.15, -0.1) is 10.2 Å². The molecule has 1 aromatic heterocycles. The third kappa shape index (κ3) is 5.76. The molecule has 2 amide bonds. The number of thioether (sulfide) groups is 1. The van der Waals surface area contributed by atoms with Gasteiger partial charge in [-0.05, 0) is 18.2 Å². The number of carbonyl (C=O) groups is 2. The first kappa shape index (κ1) is 18.2. The number of aromatic nitrogens is 2. The molecule has 0 fully saturated rings. The van der Waals surface area contributed by atoms with Crippen LogP contribution in [0.1, 0.15) is 13.3 Å². The summed E-state index contributed by atoms with van der Waals surface area (Å²) in [5.74, 6) is -0.156. The second-order valence-electron chi connectivity index (χ2n) is 4.24. The molecule has 0 saturated heterocycles. The Bertz CT molecular complexity index is 726. The van der Waals surface area contributed by atoms with E-state index >= 15 is 0 Å². The van der Waals surface area contributed by atoms with E-state index in [4.69, 9.17) is 11.6 Å². The van der Waals surface area contributed by atoms with E-state index in [0.29, 0.717) is 26.6 Å². The molecule has 2 aromatic rings. The Morgan fingerprint density at radius 1 is 1.30 bits per heavy atom. The molecule has 0 atom stereocenters. The van der Waals surface area contributed by atoms with Gasteiger partial charge in [-0.1, -0.05) is 57.6 Å². The Morgan fingerprint density at radius 2 is 2.09 bits per heavy atom. The van der Waals surface area contributed by atoms with E-state index < -0.39 is 0 Å². The average Bonchev–Trinajstić information content (AvgIpc) is 2.95. The van der Waals surface area contributed by atoms with Crippen molar-refractivity contribution in [1.82, 2.24) is 10.2 Å². The highest BCUT2D eigenvalue weighted by molar-refractivity contribution is 9.10. The van der Waals surface area contributed by atoms with Crippen molar-refractivity contribution in [2.45, 2.75) is 17.7 Å². The van der Waals surface area contributed by atoms with Gasteiger partial charge in [0.05, 0.1) is 16.5 Å². The van der Waals surface area contributed by atoms with Crippen LogP contribution in [0.3, 0.4) is 0 Å². The quantitative estimate of drug-likeness (QED) is 0.528. The Kier molecular flexibility index (Phi) is 6.82. The first-order valence-electron chi connectivity index (χ1n) is 6.49. The fourth-order valence-corrected chi connectivity index (χ4v) is 3.72. The van der Waals surface area contributed by atoms with Crippen LogP contribution in [0.25, 0.3) is 0 Å². The molecule has 10 heteroatoms. The van der Waals surface area contributed by atoms with Gasteiger partial charge in [-0.25, -0.2) is 0 Å². The Morgan fingerprint density at radius 3 is 2.78 bits per heavy atom. The summed E-state index contributed by atoms with van der Waals surface area (Å²) in [6.07, 6.45) is 0.373. The molecule has 0 spiro atoms. The molecular weight excluding hydrogens is 424 g/mol. The number of hydrogen-bond acceptors (Lipinski definition) is 6. The van der Waals surface area contributed by atoms with Crippen molar-refractivity contribution in [3.63, 3.8) is 0 Å². The molecule has 0 aliphatic heterocycles. The molecule has 6 nitrogen and oxygen atoms in total. The monoisotopic (exact) mass is 434 g/mol. The van der Waals surface area contributed by atoms with Crippen molar-refractivity contribution in [3.8, 4) is 0 Å². The molecule has 0 aliphatic rings. The van der Waals surface area contributed by atoms with E-state index in [1.165, 1.54) is 23.1 Å². The van der Waals surface area contributed by atoms with Gasteiger partial charge in [0, 0.05) is 10.9 Å². The molecule has 0 aliphatic carbocycles. The maximum atomic E-state index is 11.9. The lowest BCUT2D eigenvalue weighted by molar-refractivity contribution is -0.116. The van der Waals surface area contributed by atoms with E-state index in [1.807, 2.05) is 0 Å². The van der Waals surface area contributed by atoms with Gasteiger partial charge in [0.2, 0.25) is 16.9 Å². The number of benzene rings is 1. The second-order valence-corrected chi connectivity index (χ2v) is 7.76. The van der Waals surface area contributed by atoms with Crippen molar-refractivity contribution in [2.24, 2.45) is 0 Å². The van der Waals surface area contributed by atoms with E-state index in [2.05, 4.69) is 36.8 Å². The van der Waals surface area contributed by atoms with E-state index in [0.717, 1.165) is 4.47 Å². The van der Waals surface area contributed by atoms with E-state index in [-0.39, 0.29) is 17.6 Å². The van der Waals surface area contributed by atoms with Crippen LogP contribution in [-0.4, -0.2) is 27.8 Å². The van der Waals surface area contributed by atoms with Crippen LogP contribution in [0.5, 0.6) is 0 Å². The molecular formula is C13H12BrClN4O2S2. The molecule has 0 bridgehead atoms. The average molecular weight is 436 g/mol. The number of halogens is 2. The molecule has 2 rings (SSSR count). The molecule has 122 valence electrons. The number of carbonyl (C=O) groups excluding carboxylic acids is 2. The molecule has 1 aromatic carbocycles. The summed E-state index contributed by atoms with van der Waals surface area (Å²) in [6, 6.07) is 5.22. The largest absolute Gasteiger partial charge is 0.324 e. The highest BCUT2D eigenvalue weighted by atomic mass is 79.9. The molecule has 1 heterocycles. The third-order valence-corrected chi connectivity index (χ3v) is 5.28. The maximum absolute atomic E-state index is 11.9. The Hall–Kier alpha value is -1.16. The summed E-state index contributed by atoms with van der Waals surface area (Å²) in [5, 5.41) is 14.0. The third-order valence-electron chi connectivity index (χ3n) is 2.51. The predicted molar refractivity (Wildman–Crippen MR) is 97.3 cm³/mol. The maximum Gasteiger partial charge on any atom is 0.234 e. The van der Waals surface area contributed by atoms with Crippen LogP contribution in [0, 0.1) is 0 Å². The summed E-state index contributed by atoms with van der Waals surface area (Å²) in [6.45, 7) is 1.75. The summed E-state index contributed by atoms with van der Waals surface area (Å²) in [4.78, 5) is 23.2. The molecule has 0 unspecified atom stereocenters. The smallest absolute Gasteiger partial charge is 0.234 e. The number of hydrogen-bond donors (Lipinski definition) is 2. The van der Waals surface area contributed by atoms with Crippen LogP contribution < -0.4 is 10.6 Å². The minimum Gasteiger partial charge on any atom is -0.324 e. The summed E-state index contributed by atoms with van der Waals surface area (Å²) >= 11 is 11.8. The number of nitrogens with one attached hydrogen (secondary N) is 2. The fraction of sp³-hybridized carbons (Fsp3) is 0.231. The first-order chi connectivity index (χ1) is 11.0.